The van der Waals surface area contributed by atoms with Crippen molar-refractivity contribution in [3.63, 3.8) is 0 Å². The maximum atomic E-state index is 13.3. The first kappa shape index (κ1) is 22.5. The molecule has 7 heteroatoms. The number of nitriles is 1. The van der Waals surface area contributed by atoms with Crippen molar-refractivity contribution in [3.8, 4) is 6.07 Å². The standard InChI is InChI=1S/C25H29N3O3S/c1-32(30,31)24-9-7-22(8-10-24)25(29)28(18-19-5-6-19)23-11-13-27(14-12-23)17-21-4-2-3-20(15-21)16-26/h2-4,7-10,15,19,23H,5-6,11-14,17-18H2,1H3. The van der Waals surface area contributed by atoms with Gasteiger partial charge in [-0.05, 0) is 73.6 Å². The van der Waals surface area contributed by atoms with E-state index in [1.807, 2.05) is 23.1 Å². The highest BCUT2D eigenvalue weighted by molar-refractivity contribution is 7.90. The lowest BCUT2D eigenvalue weighted by Crippen LogP contribution is -2.48. The van der Waals surface area contributed by atoms with Crippen molar-refractivity contribution in [3.05, 3.63) is 65.2 Å². The van der Waals surface area contributed by atoms with Crippen LogP contribution in [-0.4, -0.2) is 56.1 Å². The minimum absolute atomic E-state index is 0.00266. The van der Waals surface area contributed by atoms with Gasteiger partial charge in [-0.1, -0.05) is 12.1 Å². The molecule has 0 radical (unpaired) electrons. The van der Waals surface area contributed by atoms with Crippen LogP contribution in [0.1, 0.15) is 47.2 Å². The first-order chi connectivity index (χ1) is 15.3. The molecule has 168 valence electrons. The smallest absolute Gasteiger partial charge is 0.254 e. The van der Waals surface area contributed by atoms with Gasteiger partial charge in [0, 0.05) is 44.0 Å². The molecule has 0 spiro atoms. The monoisotopic (exact) mass is 451 g/mol. The molecule has 0 unspecified atom stereocenters. The summed E-state index contributed by atoms with van der Waals surface area (Å²) < 4.78 is 23.5. The third-order valence-corrected chi connectivity index (χ3v) is 7.53. The van der Waals surface area contributed by atoms with E-state index in [-0.39, 0.29) is 16.8 Å². The SMILES string of the molecule is CS(=O)(=O)c1ccc(C(=O)N(CC2CC2)C2CCN(Cc3cccc(C#N)c3)CC2)cc1. The van der Waals surface area contributed by atoms with Gasteiger partial charge in [0.15, 0.2) is 9.84 Å². The quantitative estimate of drug-likeness (QED) is 0.644. The van der Waals surface area contributed by atoms with Gasteiger partial charge >= 0.3 is 0 Å². The fraction of sp³-hybridized carbons (Fsp3) is 0.440. The minimum Gasteiger partial charge on any atom is -0.335 e. The van der Waals surface area contributed by atoms with Crippen molar-refractivity contribution in [2.75, 3.05) is 25.9 Å². The lowest BCUT2D eigenvalue weighted by atomic mass is 10.0. The fourth-order valence-corrected chi connectivity index (χ4v) is 5.00. The summed E-state index contributed by atoms with van der Waals surface area (Å²) in [5.41, 5.74) is 2.37. The van der Waals surface area contributed by atoms with Crippen LogP contribution in [0.2, 0.25) is 0 Å². The molecule has 32 heavy (non-hydrogen) atoms. The van der Waals surface area contributed by atoms with Crippen molar-refractivity contribution in [2.24, 2.45) is 5.92 Å². The van der Waals surface area contributed by atoms with Crippen LogP contribution in [0.3, 0.4) is 0 Å². The average Bonchev–Trinajstić information content (AvgIpc) is 3.62. The average molecular weight is 452 g/mol. The molecule has 0 aromatic heterocycles. The fourth-order valence-electron chi connectivity index (χ4n) is 4.37. The van der Waals surface area contributed by atoms with Gasteiger partial charge < -0.3 is 4.90 Å². The van der Waals surface area contributed by atoms with Gasteiger partial charge in [-0.2, -0.15) is 5.26 Å². The van der Waals surface area contributed by atoms with E-state index >= 15 is 0 Å². The molecule has 6 nitrogen and oxygen atoms in total. The molecule has 2 aromatic carbocycles. The molecule has 1 saturated carbocycles. The van der Waals surface area contributed by atoms with Crippen LogP contribution in [0, 0.1) is 17.2 Å². The molecule has 0 atom stereocenters. The molecule has 0 N–H and O–H groups in total. The molecule has 4 rings (SSSR count). The number of carbonyl (C=O) groups excluding carboxylic acids is 1. The Bertz CT molecular complexity index is 1110. The first-order valence-corrected chi connectivity index (χ1v) is 13.0. The number of hydrogen-bond donors (Lipinski definition) is 0. The molecule has 2 aliphatic rings. The second-order valence-corrected chi connectivity index (χ2v) is 11.0. The topological polar surface area (TPSA) is 81.5 Å². The number of sulfone groups is 1. The zero-order valence-electron chi connectivity index (χ0n) is 18.4. The summed E-state index contributed by atoms with van der Waals surface area (Å²) in [4.78, 5) is 18.0. The summed E-state index contributed by atoms with van der Waals surface area (Å²) in [6.07, 6.45) is 5.35. The number of benzene rings is 2. The van der Waals surface area contributed by atoms with Gasteiger partial charge in [0.05, 0.1) is 16.5 Å². The third kappa shape index (κ3) is 5.56. The van der Waals surface area contributed by atoms with Crippen LogP contribution < -0.4 is 0 Å². The molecule has 1 aliphatic heterocycles. The molecular weight excluding hydrogens is 422 g/mol. The lowest BCUT2D eigenvalue weighted by molar-refractivity contribution is 0.0552. The van der Waals surface area contributed by atoms with Crippen molar-refractivity contribution in [2.45, 2.75) is 43.2 Å². The first-order valence-electron chi connectivity index (χ1n) is 11.2. The van der Waals surface area contributed by atoms with Gasteiger partial charge in [-0.25, -0.2) is 8.42 Å². The number of hydrogen-bond acceptors (Lipinski definition) is 5. The van der Waals surface area contributed by atoms with Crippen LogP contribution in [0.25, 0.3) is 0 Å². The van der Waals surface area contributed by atoms with Crippen molar-refractivity contribution >= 4 is 15.7 Å². The Labute approximate surface area is 190 Å². The molecule has 1 amide bonds. The number of amides is 1. The lowest BCUT2D eigenvalue weighted by Gasteiger charge is -2.39. The Morgan fingerprint density at radius 2 is 1.78 bits per heavy atom. The third-order valence-electron chi connectivity index (χ3n) is 6.40. The van der Waals surface area contributed by atoms with Crippen molar-refractivity contribution in [1.82, 2.24) is 9.80 Å². The number of likely N-dealkylation sites (tertiary alicyclic amines) is 1. The molecular formula is C25H29N3O3S. The summed E-state index contributed by atoms with van der Waals surface area (Å²) in [5.74, 6) is 0.582. The number of rotatable bonds is 7. The normalized spacial score (nSPS) is 17.6. The van der Waals surface area contributed by atoms with Gasteiger partial charge in [0.1, 0.15) is 0 Å². The molecule has 2 aromatic rings. The van der Waals surface area contributed by atoms with Crippen LogP contribution in [0.5, 0.6) is 0 Å². The van der Waals surface area contributed by atoms with E-state index in [2.05, 4.69) is 17.0 Å². The Hall–Kier alpha value is -2.69. The molecule has 0 bridgehead atoms. The molecule has 1 saturated heterocycles. The van der Waals surface area contributed by atoms with Crippen molar-refractivity contribution < 1.29 is 13.2 Å². The second-order valence-electron chi connectivity index (χ2n) is 9.02. The van der Waals surface area contributed by atoms with Gasteiger partial charge in [0.2, 0.25) is 0 Å². The number of piperidine rings is 1. The predicted octanol–water partition coefficient (Wildman–Crippen LogP) is 3.48. The predicted molar refractivity (Wildman–Crippen MR) is 123 cm³/mol. The zero-order valence-corrected chi connectivity index (χ0v) is 19.2. The van der Waals surface area contributed by atoms with E-state index in [4.69, 9.17) is 5.26 Å². The van der Waals surface area contributed by atoms with Crippen LogP contribution in [0.4, 0.5) is 0 Å². The number of nitrogens with zero attached hydrogens (tertiary/aromatic N) is 3. The van der Waals surface area contributed by atoms with Crippen LogP contribution in [-0.2, 0) is 16.4 Å². The second kappa shape index (κ2) is 9.43. The highest BCUT2D eigenvalue weighted by atomic mass is 32.2. The highest BCUT2D eigenvalue weighted by Crippen LogP contribution is 2.32. The summed E-state index contributed by atoms with van der Waals surface area (Å²) in [7, 11) is -3.28. The Morgan fingerprint density at radius 1 is 1.09 bits per heavy atom. The summed E-state index contributed by atoms with van der Waals surface area (Å²) in [6.45, 7) is 3.40. The van der Waals surface area contributed by atoms with E-state index in [0.29, 0.717) is 17.0 Å². The maximum absolute atomic E-state index is 13.3. The molecule has 2 fully saturated rings. The zero-order chi connectivity index (χ0) is 22.7. The summed E-state index contributed by atoms with van der Waals surface area (Å²) >= 11 is 0. The van der Waals surface area contributed by atoms with Gasteiger partial charge in [-0.15, -0.1) is 0 Å². The van der Waals surface area contributed by atoms with E-state index in [0.717, 1.165) is 44.6 Å². The van der Waals surface area contributed by atoms with E-state index in [1.165, 1.54) is 31.2 Å². The summed E-state index contributed by atoms with van der Waals surface area (Å²) in [5, 5.41) is 9.11. The van der Waals surface area contributed by atoms with E-state index in [9.17, 15) is 13.2 Å². The molecule has 1 heterocycles. The Morgan fingerprint density at radius 3 is 2.38 bits per heavy atom. The van der Waals surface area contributed by atoms with E-state index < -0.39 is 9.84 Å². The summed E-state index contributed by atoms with van der Waals surface area (Å²) in [6, 6.07) is 16.4. The van der Waals surface area contributed by atoms with Gasteiger partial charge in [-0.3, -0.25) is 9.69 Å². The number of carbonyl (C=O) groups is 1. The van der Waals surface area contributed by atoms with Crippen LogP contribution in [0.15, 0.2) is 53.4 Å². The van der Waals surface area contributed by atoms with Crippen LogP contribution >= 0.6 is 0 Å². The van der Waals surface area contributed by atoms with Gasteiger partial charge in [0.25, 0.3) is 5.91 Å². The largest absolute Gasteiger partial charge is 0.335 e. The highest BCUT2D eigenvalue weighted by Gasteiger charge is 2.33. The minimum atomic E-state index is -3.28. The van der Waals surface area contributed by atoms with Crippen molar-refractivity contribution in [1.29, 1.82) is 5.26 Å². The molecule has 1 aliphatic carbocycles. The maximum Gasteiger partial charge on any atom is 0.254 e. The van der Waals surface area contributed by atoms with E-state index in [1.54, 1.807) is 12.1 Å². The Balaban J connectivity index is 1.41. The Kier molecular flexibility index (Phi) is 6.63.